The third kappa shape index (κ3) is 4.40. The van der Waals surface area contributed by atoms with Crippen LogP contribution in [0, 0.1) is 5.92 Å². The van der Waals surface area contributed by atoms with Crippen molar-refractivity contribution in [3.05, 3.63) is 42.5 Å². The standard InChI is InChI=1S/C16H19F3N2O3S/c1-2-9-20-15(22)12-7-10-21(11-8-12)25(23,24)14-6-4-3-5-13(14)16(17,18)19/h2-6,12H,1,7-11H2,(H,20,22). The van der Waals surface area contributed by atoms with Crippen LogP contribution in [0.25, 0.3) is 0 Å². The van der Waals surface area contributed by atoms with Crippen molar-refractivity contribution in [2.24, 2.45) is 5.92 Å². The van der Waals surface area contributed by atoms with Crippen LogP contribution >= 0.6 is 0 Å². The lowest BCUT2D eigenvalue weighted by Crippen LogP contribution is -2.43. The van der Waals surface area contributed by atoms with Crippen LogP contribution in [0.1, 0.15) is 18.4 Å². The van der Waals surface area contributed by atoms with Gasteiger partial charge in [0.05, 0.1) is 10.5 Å². The first-order valence-electron chi connectivity index (χ1n) is 7.73. The van der Waals surface area contributed by atoms with Gasteiger partial charge in [-0.3, -0.25) is 4.79 Å². The lowest BCUT2D eigenvalue weighted by atomic mass is 9.97. The first-order chi connectivity index (χ1) is 11.7. The first-order valence-corrected chi connectivity index (χ1v) is 9.17. The van der Waals surface area contributed by atoms with Crippen LogP contribution in [0.3, 0.4) is 0 Å². The number of carbonyl (C=O) groups excluding carboxylic acids is 1. The van der Waals surface area contributed by atoms with E-state index in [-0.39, 0.29) is 37.8 Å². The molecule has 1 N–H and O–H groups in total. The van der Waals surface area contributed by atoms with Crippen LogP contribution < -0.4 is 5.32 Å². The van der Waals surface area contributed by atoms with E-state index in [1.807, 2.05) is 0 Å². The number of hydrogen-bond acceptors (Lipinski definition) is 3. The number of sulfonamides is 1. The Hall–Kier alpha value is -1.87. The molecular formula is C16H19F3N2O3S. The first kappa shape index (κ1) is 19.5. The average molecular weight is 376 g/mol. The number of halogens is 3. The van der Waals surface area contributed by atoms with Crippen molar-refractivity contribution in [2.75, 3.05) is 19.6 Å². The van der Waals surface area contributed by atoms with E-state index in [2.05, 4.69) is 11.9 Å². The highest BCUT2D eigenvalue weighted by Crippen LogP contribution is 2.36. The molecule has 9 heteroatoms. The fourth-order valence-electron chi connectivity index (χ4n) is 2.74. The van der Waals surface area contributed by atoms with Crippen LogP contribution in [-0.2, 0) is 21.0 Å². The lowest BCUT2D eigenvalue weighted by molar-refractivity contribution is -0.139. The molecule has 1 fully saturated rings. The Balaban J connectivity index is 2.16. The van der Waals surface area contributed by atoms with Gasteiger partial charge in [0.2, 0.25) is 15.9 Å². The molecule has 0 saturated carbocycles. The molecule has 0 spiro atoms. The van der Waals surface area contributed by atoms with E-state index in [0.717, 1.165) is 22.5 Å². The molecule has 0 atom stereocenters. The third-order valence-electron chi connectivity index (χ3n) is 4.06. The number of nitrogens with zero attached hydrogens (tertiary/aromatic N) is 1. The largest absolute Gasteiger partial charge is 0.417 e. The third-order valence-corrected chi connectivity index (χ3v) is 6.01. The fourth-order valence-corrected chi connectivity index (χ4v) is 4.42. The second-order valence-electron chi connectivity index (χ2n) is 5.71. The van der Waals surface area contributed by atoms with E-state index >= 15 is 0 Å². The SMILES string of the molecule is C=CCNC(=O)C1CCN(S(=O)(=O)c2ccccc2C(F)(F)F)CC1. The minimum absolute atomic E-state index is 0.000695. The molecule has 0 radical (unpaired) electrons. The Morgan fingerprint density at radius 1 is 1.28 bits per heavy atom. The van der Waals surface area contributed by atoms with Crippen LogP contribution in [0.4, 0.5) is 13.2 Å². The normalized spacial score (nSPS) is 17.2. The van der Waals surface area contributed by atoms with Crippen molar-refractivity contribution in [2.45, 2.75) is 23.9 Å². The molecule has 138 valence electrons. The van der Waals surface area contributed by atoms with Crippen molar-refractivity contribution in [3.8, 4) is 0 Å². The number of piperidine rings is 1. The molecule has 0 aromatic heterocycles. The van der Waals surface area contributed by atoms with Crippen molar-refractivity contribution in [1.29, 1.82) is 0 Å². The quantitative estimate of drug-likeness (QED) is 0.803. The van der Waals surface area contributed by atoms with Crippen LogP contribution in [-0.4, -0.2) is 38.3 Å². The second-order valence-corrected chi connectivity index (χ2v) is 7.61. The minimum atomic E-state index is -4.76. The molecule has 1 saturated heterocycles. The zero-order chi connectivity index (χ0) is 18.7. The maximum absolute atomic E-state index is 13.1. The van der Waals surface area contributed by atoms with Crippen LogP contribution in [0.5, 0.6) is 0 Å². The molecule has 0 aliphatic carbocycles. The van der Waals surface area contributed by atoms with E-state index in [4.69, 9.17) is 0 Å². The Bertz CT molecular complexity index is 739. The lowest BCUT2D eigenvalue weighted by Gasteiger charge is -2.31. The van der Waals surface area contributed by atoms with Gasteiger partial charge in [-0.25, -0.2) is 8.42 Å². The summed E-state index contributed by atoms with van der Waals surface area (Å²) >= 11 is 0. The molecule has 1 aliphatic rings. The highest BCUT2D eigenvalue weighted by atomic mass is 32.2. The number of nitrogens with one attached hydrogen (secondary N) is 1. The molecule has 1 aromatic rings. The molecular weight excluding hydrogens is 357 g/mol. The van der Waals surface area contributed by atoms with E-state index in [1.165, 1.54) is 12.1 Å². The zero-order valence-electron chi connectivity index (χ0n) is 13.4. The summed E-state index contributed by atoms with van der Waals surface area (Å²) in [5.74, 6) is -0.558. The topological polar surface area (TPSA) is 66.5 Å². The maximum atomic E-state index is 13.1. The van der Waals surface area contributed by atoms with Gasteiger partial charge in [-0.05, 0) is 25.0 Å². The number of alkyl halides is 3. The van der Waals surface area contributed by atoms with Gasteiger partial charge >= 0.3 is 6.18 Å². The van der Waals surface area contributed by atoms with Gasteiger partial charge in [0.25, 0.3) is 0 Å². The predicted octanol–water partition coefficient (Wildman–Crippen LogP) is 2.41. The minimum Gasteiger partial charge on any atom is -0.352 e. The smallest absolute Gasteiger partial charge is 0.352 e. The zero-order valence-corrected chi connectivity index (χ0v) is 14.2. The molecule has 1 aliphatic heterocycles. The Kier molecular flexibility index (Phi) is 5.89. The summed E-state index contributed by atoms with van der Waals surface area (Å²) in [6.45, 7) is 3.81. The molecule has 1 aromatic carbocycles. The van der Waals surface area contributed by atoms with E-state index in [0.29, 0.717) is 6.54 Å². The van der Waals surface area contributed by atoms with Gasteiger partial charge in [-0.15, -0.1) is 6.58 Å². The Morgan fingerprint density at radius 2 is 1.88 bits per heavy atom. The van der Waals surface area contributed by atoms with Crippen LogP contribution in [0.15, 0.2) is 41.8 Å². The molecule has 1 heterocycles. The van der Waals surface area contributed by atoms with Gasteiger partial charge in [-0.2, -0.15) is 17.5 Å². The fraction of sp³-hybridized carbons (Fsp3) is 0.438. The molecule has 0 unspecified atom stereocenters. The molecule has 0 bridgehead atoms. The van der Waals surface area contributed by atoms with Gasteiger partial charge in [0, 0.05) is 25.6 Å². The van der Waals surface area contributed by atoms with Crippen molar-refractivity contribution in [3.63, 3.8) is 0 Å². The number of benzene rings is 1. The summed E-state index contributed by atoms with van der Waals surface area (Å²) < 4.78 is 65.5. The Labute approximate surface area is 144 Å². The Morgan fingerprint density at radius 3 is 2.44 bits per heavy atom. The van der Waals surface area contributed by atoms with Gasteiger partial charge in [0.1, 0.15) is 0 Å². The summed E-state index contributed by atoms with van der Waals surface area (Å²) in [6.07, 6.45) is -2.70. The highest BCUT2D eigenvalue weighted by molar-refractivity contribution is 7.89. The summed E-state index contributed by atoms with van der Waals surface area (Å²) in [4.78, 5) is 11.1. The van der Waals surface area contributed by atoms with Crippen molar-refractivity contribution >= 4 is 15.9 Å². The number of carbonyl (C=O) groups is 1. The van der Waals surface area contributed by atoms with Gasteiger partial charge < -0.3 is 5.32 Å². The average Bonchev–Trinajstić information content (AvgIpc) is 2.59. The van der Waals surface area contributed by atoms with E-state index in [1.54, 1.807) is 0 Å². The molecule has 1 amide bonds. The number of hydrogen-bond donors (Lipinski definition) is 1. The van der Waals surface area contributed by atoms with Crippen molar-refractivity contribution in [1.82, 2.24) is 9.62 Å². The van der Waals surface area contributed by atoms with Crippen molar-refractivity contribution < 1.29 is 26.4 Å². The van der Waals surface area contributed by atoms with Gasteiger partial charge in [0.15, 0.2) is 0 Å². The predicted molar refractivity (Wildman–Crippen MR) is 86.1 cm³/mol. The molecule has 2 rings (SSSR count). The maximum Gasteiger partial charge on any atom is 0.417 e. The molecule has 25 heavy (non-hydrogen) atoms. The van der Waals surface area contributed by atoms with E-state index < -0.39 is 26.7 Å². The summed E-state index contributed by atoms with van der Waals surface area (Å²) in [7, 11) is -4.28. The van der Waals surface area contributed by atoms with E-state index in [9.17, 15) is 26.4 Å². The monoisotopic (exact) mass is 376 g/mol. The number of rotatable bonds is 5. The highest BCUT2D eigenvalue weighted by Gasteiger charge is 2.40. The summed E-state index contributed by atoms with van der Waals surface area (Å²) in [6, 6.07) is 4.12. The van der Waals surface area contributed by atoms with Crippen LogP contribution in [0.2, 0.25) is 0 Å². The second kappa shape index (κ2) is 7.57. The number of amides is 1. The summed E-state index contributed by atoms with van der Waals surface area (Å²) in [5, 5.41) is 2.64. The van der Waals surface area contributed by atoms with Gasteiger partial charge in [-0.1, -0.05) is 18.2 Å². The summed E-state index contributed by atoms with van der Waals surface area (Å²) in [5.41, 5.74) is -1.18. The molecule has 5 nitrogen and oxygen atoms in total.